The summed E-state index contributed by atoms with van der Waals surface area (Å²) < 4.78 is 1.83. The van der Waals surface area contributed by atoms with E-state index in [1.165, 1.54) is 35.1 Å². The first-order valence-electron chi connectivity index (χ1n) is 10.7. The molecule has 6 nitrogen and oxygen atoms in total. The van der Waals surface area contributed by atoms with Gasteiger partial charge in [-0.05, 0) is 41.0 Å². The number of aliphatic imine (C=N–C) groups is 1. The fourth-order valence-corrected chi connectivity index (χ4v) is 4.14. The third-order valence-corrected chi connectivity index (χ3v) is 5.70. The van der Waals surface area contributed by atoms with Gasteiger partial charge in [-0.25, -0.2) is 9.67 Å². The lowest BCUT2D eigenvalue weighted by Gasteiger charge is -2.33. The molecule has 1 N–H and O–H groups in total. The van der Waals surface area contributed by atoms with Gasteiger partial charge in [-0.1, -0.05) is 55.5 Å². The van der Waals surface area contributed by atoms with E-state index < -0.39 is 0 Å². The van der Waals surface area contributed by atoms with Crippen LogP contribution in [0.1, 0.15) is 30.9 Å². The zero-order valence-electron chi connectivity index (χ0n) is 17.8. The second kappa shape index (κ2) is 9.57. The van der Waals surface area contributed by atoms with Crippen molar-refractivity contribution in [2.45, 2.75) is 32.9 Å². The van der Waals surface area contributed by atoms with Crippen LogP contribution in [0.25, 0.3) is 11.1 Å². The van der Waals surface area contributed by atoms with Crippen LogP contribution in [-0.4, -0.2) is 45.8 Å². The summed E-state index contributed by atoms with van der Waals surface area (Å²) in [6.45, 7) is 5.97. The second-order valence-corrected chi connectivity index (χ2v) is 8.04. The molecule has 1 unspecified atom stereocenters. The quantitative estimate of drug-likeness (QED) is 0.521. The molecule has 0 radical (unpaired) electrons. The Morgan fingerprint density at radius 1 is 1.17 bits per heavy atom. The normalized spacial score (nSPS) is 17.2. The summed E-state index contributed by atoms with van der Waals surface area (Å²) in [5.41, 5.74) is 4.95. The molecule has 2 heterocycles. The van der Waals surface area contributed by atoms with E-state index in [9.17, 15) is 0 Å². The molecule has 1 aliphatic rings. The average molecular weight is 403 g/mol. The monoisotopic (exact) mass is 402 g/mol. The first kappa shape index (κ1) is 20.1. The van der Waals surface area contributed by atoms with Gasteiger partial charge in [-0.3, -0.25) is 4.99 Å². The minimum atomic E-state index is 0.723. The van der Waals surface area contributed by atoms with Crippen LogP contribution >= 0.6 is 0 Å². The molecule has 30 heavy (non-hydrogen) atoms. The topological polar surface area (TPSA) is 58.3 Å². The van der Waals surface area contributed by atoms with E-state index in [4.69, 9.17) is 0 Å². The van der Waals surface area contributed by atoms with Gasteiger partial charge in [0, 0.05) is 26.7 Å². The highest BCUT2D eigenvalue weighted by Gasteiger charge is 2.19. The molecule has 2 aromatic carbocycles. The van der Waals surface area contributed by atoms with Crippen LogP contribution in [0.5, 0.6) is 0 Å². The lowest BCUT2D eigenvalue weighted by Crippen LogP contribution is -2.45. The Labute approximate surface area is 178 Å². The maximum absolute atomic E-state index is 4.53. The molecule has 1 fully saturated rings. The van der Waals surface area contributed by atoms with E-state index in [1.54, 1.807) is 12.7 Å². The summed E-state index contributed by atoms with van der Waals surface area (Å²) >= 11 is 0. The Bertz CT molecular complexity index is 962. The lowest BCUT2D eigenvalue weighted by atomic mass is 9.98. The molecule has 3 aromatic rings. The number of piperidine rings is 1. The van der Waals surface area contributed by atoms with Crippen LogP contribution < -0.4 is 5.32 Å². The van der Waals surface area contributed by atoms with E-state index >= 15 is 0 Å². The Morgan fingerprint density at radius 2 is 2.00 bits per heavy atom. The molecule has 0 amide bonds. The average Bonchev–Trinajstić information content (AvgIpc) is 3.28. The van der Waals surface area contributed by atoms with Gasteiger partial charge in [0.05, 0.1) is 6.54 Å². The fraction of sp³-hybridized carbons (Fsp3) is 0.375. The van der Waals surface area contributed by atoms with Crippen LogP contribution in [0, 0.1) is 5.92 Å². The maximum Gasteiger partial charge on any atom is 0.193 e. The van der Waals surface area contributed by atoms with Gasteiger partial charge < -0.3 is 10.2 Å². The number of nitrogens with zero attached hydrogens (tertiary/aromatic N) is 5. The summed E-state index contributed by atoms with van der Waals surface area (Å²) in [6, 6.07) is 17.3. The van der Waals surface area contributed by atoms with Crippen LogP contribution in [0.3, 0.4) is 0 Å². The van der Waals surface area contributed by atoms with Gasteiger partial charge in [-0.15, -0.1) is 0 Å². The molecular formula is C24H30N6. The van der Waals surface area contributed by atoms with Gasteiger partial charge in [0.15, 0.2) is 5.96 Å². The van der Waals surface area contributed by atoms with Crippen molar-refractivity contribution in [2.75, 3.05) is 20.1 Å². The van der Waals surface area contributed by atoms with Crippen LogP contribution in [-0.2, 0) is 13.1 Å². The predicted molar refractivity (Wildman–Crippen MR) is 121 cm³/mol. The molecule has 4 rings (SSSR count). The van der Waals surface area contributed by atoms with Crippen LogP contribution in [0.4, 0.5) is 0 Å². The van der Waals surface area contributed by atoms with E-state index in [0.29, 0.717) is 0 Å². The van der Waals surface area contributed by atoms with E-state index in [2.05, 4.69) is 80.7 Å². The molecule has 1 saturated heterocycles. The van der Waals surface area contributed by atoms with Gasteiger partial charge in [0.25, 0.3) is 0 Å². The number of likely N-dealkylation sites (tertiary alicyclic amines) is 1. The molecule has 0 saturated carbocycles. The van der Waals surface area contributed by atoms with Crippen molar-refractivity contribution in [3.8, 4) is 11.1 Å². The number of aromatic nitrogens is 3. The lowest BCUT2D eigenvalue weighted by molar-refractivity contribution is 0.266. The largest absolute Gasteiger partial charge is 0.352 e. The van der Waals surface area contributed by atoms with E-state index in [1.807, 2.05) is 11.7 Å². The number of guanidine groups is 1. The Morgan fingerprint density at radius 3 is 2.73 bits per heavy atom. The number of hydrogen-bond donors (Lipinski definition) is 1. The highest BCUT2D eigenvalue weighted by Crippen LogP contribution is 2.24. The molecule has 1 atom stereocenters. The summed E-state index contributed by atoms with van der Waals surface area (Å²) in [4.78, 5) is 10.9. The molecule has 6 heteroatoms. The van der Waals surface area contributed by atoms with Crippen LogP contribution in [0.15, 0.2) is 66.2 Å². The Kier molecular flexibility index (Phi) is 6.42. The van der Waals surface area contributed by atoms with Crippen molar-refractivity contribution in [2.24, 2.45) is 10.9 Å². The zero-order chi connectivity index (χ0) is 20.8. The van der Waals surface area contributed by atoms with Gasteiger partial charge in [0.2, 0.25) is 0 Å². The van der Waals surface area contributed by atoms with Crippen molar-refractivity contribution in [3.05, 3.63) is 72.3 Å². The summed E-state index contributed by atoms with van der Waals surface area (Å²) in [5, 5.41) is 7.76. The molecule has 1 aromatic heterocycles. The smallest absolute Gasteiger partial charge is 0.193 e. The number of nitrogens with one attached hydrogen (secondary N) is 1. The zero-order valence-corrected chi connectivity index (χ0v) is 17.8. The standard InChI is InChI=1S/C24H30N6/c1-19-6-5-13-29(15-19)24(25-2)27-14-22-7-3-4-8-23(22)21-11-9-20(10-12-21)16-30-18-26-17-28-30/h3-4,7-12,17-19H,5-6,13-16H2,1-2H3,(H,25,27). The summed E-state index contributed by atoms with van der Waals surface area (Å²) in [6.07, 6.45) is 5.85. The maximum atomic E-state index is 4.53. The molecule has 1 aliphatic heterocycles. The van der Waals surface area contributed by atoms with Crippen molar-refractivity contribution < 1.29 is 0 Å². The van der Waals surface area contributed by atoms with Crippen molar-refractivity contribution in [1.82, 2.24) is 25.0 Å². The summed E-state index contributed by atoms with van der Waals surface area (Å²) in [5.74, 6) is 1.72. The minimum Gasteiger partial charge on any atom is -0.352 e. The SMILES string of the molecule is CN=C(NCc1ccccc1-c1ccc(Cn2cncn2)cc1)N1CCCC(C)C1. The highest BCUT2D eigenvalue weighted by atomic mass is 15.3. The molecule has 0 spiro atoms. The molecular weight excluding hydrogens is 372 g/mol. The molecule has 156 valence electrons. The minimum absolute atomic E-state index is 0.723. The van der Waals surface area contributed by atoms with Crippen molar-refractivity contribution in [3.63, 3.8) is 0 Å². The second-order valence-electron chi connectivity index (χ2n) is 8.04. The van der Waals surface area contributed by atoms with Crippen LogP contribution in [0.2, 0.25) is 0 Å². The fourth-order valence-electron chi connectivity index (χ4n) is 4.14. The van der Waals surface area contributed by atoms with Crippen molar-refractivity contribution >= 4 is 5.96 Å². The number of hydrogen-bond acceptors (Lipinski definition) is 3. The Hall–Kier alpha value is -3.15. The summed E-state index contributed by atoms with van der Waals surface area (Å²) in [7, 11) is 1.88. The molecule has 0 aliphatic carbocycles. The Balaban J connectivity index is 1.46. The first-order valence-corrected chi connectivity index (χ1v) is 10.7. The van der Waals surface area contributed by atoms with Gasteiger partial charge in [-0.2, -0.15) is 5.10 Å². The first-order chi connectivity index (χ1) is 14.7. The van der Waals surface area contributed by atoms with Gasteiger partial charge >= 0.3 is 0 Å². The van der Waals surface area contributed by atoms with E-state index in [-0.39, 0.29) is 0 Å². The number of rotatable bonds is 5. The molecule has 0 bridgehead atoms. The van der Waals surface area contributed by atoms with Crippen molar-refractivity contribution in [1.29, 1.82) is 0 Å². The number of benzene rings is 2. The van der Waals surface area contributed by atoms with E-state index in [0.717, 1.165) is 38.1 Å². The third kappa shape index (κ3) is 4.87. The van der Waals surface area contributed by atoms with Gasteiger partial charge in [0.1, 0.15) is 12.7 Å². The third-order valence-electron chi connectivity index (χ3n) is 5.70. The predicted octanol–water partition coefficient (Wildman–Crippen LogP) is 3.80. The highest BCUT2D eigenvalue weighted by molar-refractivity contribution is 5.80.